The largest absolute Gasteiger partial charge is 0.483 e. The molecule has 0 spiro atoms. The van der Waals surface area contributed by atoms with Crippen LogP contribution >= 0.6 is 0 Å². The third kappa shape index (κ3) is 4.19. The van der Waals surface area contributed by atoms with Crippen LogP contribution in [-0.4, -0.2) is 18.8 Å². The topological polar surface area (TPSA) is 55.4 Å². The van der Waals surface area contributed by atoms with Gasteiger partial charge in [-0.05, 0) is 74.2 Å². The summed E-state index contributed by atoms with van der Waals surface area (Å²) in [6.45, 7) is 7.67. The van der Waals surface area contributed by atoms with E-state index in [9.17, 15) is 9.59 Å². The molecule has 0 heterocycles. The Bertz CT molecular complexity index is 727. The summed E-state index contributed by atoms with van der Waals surface area (Å²) in [6, 6.07) is 9.27. The molecule has 2 rings (SSSR count). The van der Waals surface area contributed by atoms with Crippen LogP contribution in [0.5, 0.6) is 5.75 Å². The van der Waals surface area contributed by atoms with E-state index in [0.29, 0.717) is 11.3 Å². The third-order valence-electron chi connectivity index (χ3n) is 3.76. The predicted octanol–water partition coefficient (Wildman–Crippen LogP) is 3.75. The van der Waals surface area contributed by atoms with Crippen molar-refractivity contribution in [3.8, 4) is 5.75 Å². The van der Waals surface area contributed by atoms with E-state index >= 15 is 0 Å². The van der Waals surface area contributed by atoms with Gasteiger partial charge in [-0.25, -0.2) is 0 Å². The van der Waals surface area contributed by atoms with Crippen molar-refractivity contribution < 1.29 is 14.3 Å². The van der Waals surface area contributed by atoms with Gasteiger partial charge >= 0.3 is 0 Å². The number of amides is 1. The van der Waals surface area contributed by atoms with Gasteiger partial charge in [-0.15, -0.1) is 0 Å². The number of anilines is 1. The summed E-state index contributed by atoms with van der Waals surface area (Å²) >= 11 is 0. The minimum atomic E-state index is -0.216. The lowest BCUT2D eigenvalue weighted by molar-refractivity contribution is -0.118. The first-order valence-electron chi connectivity index (χ1n) is 7.47. The third-order valence-corrected chi connectivity index (χ3v) is 3.76. The highest BCUT2D eigenvalue weighted by Crippen LogP contribution is 2.24. The number of benzene rings is 2. The van der Waals surface area contributed by atoms with Gasteiger partial charge in [0.2, 0.25) is 0 Å². The molecule has 2 aromatic carbocycles. The molecular formula is C19H21NO3. The summed E-state index contributed by atoms with van der Waals surface area (Å²) in [4.78, 5) is 22.9. The molecule has 23 heavy (non-hydrogen) atoms. The molecule has 2 aromatic rings. The Hall–Kier alpha value is -2.62. The Balaban J connectivity index is 2.02. The van der Waals surface area contributed by atoms with Crippen molar-refractivity contribution >= 4 is 17.9 Å². The van der Waals surface area contributed by atoms with Gasteiger partial charge in [-0.2, -0.15) is 0 Å². The van der Waals surface area contributed by atoms with E-state index in [2.05, 4.69) is 5.32 Å². The molecule has 120 valence electrons. The van der Waals surface area contributed by atoms with Gasteiger partial charge in [-0.1, -0.05) is 6.07 Å². The lowest BCUT2D eigenvalue weighted by Crippen LogP contribution is -2.20. The van der Waals surface area contributed by atoms with Gasteiger partial charge in [0.1, 0.15) is 12.0 Å². The number of hydrogen-bond donors (Lipinski definition) is 1. The minimum absolute atomic E-state index is 0.0744. The standard InChI is InChI=1S/C19H21NO3/c1-12-5-6-17(9-13(12)2)20-18(22)11-23-19-14(3)7-16(10-21)8-15(19)4/h5-10H,11H2,1-4H3,(H,20,22). The van der Waals surface area contributed by atoms with Crippen LogP contribution < -0.4 is 10.1 Å². The maximum atomic E-state index is 12.0. The zero-order valence-electron chi connectivity index (χ0n) is 13.9. The predicted molar refractivity (Wildman–Crippen MR) is 91.3 cm³/mol. The van der Waals surface area contributed by atoms with E-state index < -0.39 is 0 Å². The molecule has 0 radical (unpaired) electrons. The highest BCUT2D eigenvalue weighted by Gasteiger charge is 2.09. The fourth-order valence-electron chi connectivity index (χ4n) is 2.43. The summed E-state index contributed by atoms with van der Waals surface area (Å²) in [5, 5.41) is 2.82. The molecule has 0 unspecified atom stereocenters. The van der Waals surface area contributed by atoms with Crippen LogP contribution in [0.25, 0.3) is 0 Å². The Morgan fingerprint density at radius 3 is 2.22 bits per heavy atom. The quantitative estimate of drug-likeness (QED) is 0.856. The smallest absolute Gasteiger partial charge is 0.262 e. The van der Waals surface area contributed by atoms with Crippen molar-refractivity contribution in [2.75, 3.05) is 11.9 Å². The Morgan fingerprint density at radius 1 is 1.00 bits per heavy atom. The average molecular weight is 311 g/mol. The SMILES string of the molecule is Cc1ccc(NC(=O)COc2c(C)cc(C=O)cc2C)cc1C. The molecule has 4 nitrogen and oxygen atoms in total. The highest BCUT2D eigenvalue weighted by molar-refractivity contribution is 5.92. The summed E-state index contributed by atoms with van der Waals surface area (Å²) in [5.74, 6) is 0.428. The zero-order valence-corrected chi connectivity index (χ0v) is 13.9. The molecule has 0 aliphatic heterocycles. The first kappa shape index (κ1) is 16.7. The normalized spacial score (nSPS) is 10.3. The Labute approximate surface area is 136 Å². The fraction of sp³-hybridized carbons (Fsp3) is 0.263. The Kier molecular flexibility index (Phi) is 5.16. The number of aryl methyl sites for hydroxylation is 4. The van der Waals surface area contributed by atoms with Crippen LogP contribution in [0.2, 0.25) is 0 Å². The second-order valence-electron chi connectivity index (χ2n) is 5.74. The summed E-state index contributed by atoms with van der Waals surface area (Å²) in [6.07, 6.45) is 0.802. The van der Waals surface area contributed by atoms with Crippen LogP contribution in [-0.2, 0) is 4.79 Å². The number of rotatable bonds is 5. The van der Waals surface area contributed by atoms with Gasteiger partial charge < -0.3 is 10.1 Å². The molecule has 0 bridgehead atoms. The maximum Gasteiger partial charge on any atom is 0.262 e. The van der Waals surface area contributed by atoms with Crippen molar-refractivity contribution in [3.63, 3.8) is 0 Å². The molecule has 0 saturated carbocycles. The number of hydrogen-bond acceptors (Lipinski definition) is 3. The van der Waals surface area contributed by atoms with Gasteiger partial charge in [0.15, 0.2) is 6.61 Å². The maximum absolute atomic E-state index is 12.0. The van der Waals surface area contributed by atoms with Crippen molar-refractivity contribution in [2.45, 2.75) is 27.7 Å². The van der Waals surface area contributed by atoms with Gasteiger partial charge in [0.25, 0.3) is 5.91 Å². The Morgan fingerprint density at radius 2 is 1.65 bits per heavy atom. The van der Waals surface area contributed by atoms with E-state index in [-0.39, 0.29) is 12.5 Å². The van der Waals surface area contributed by atoms with Gasteiger partial charge in [0.05, 0.1) is 0 Å². The van der Waals surface area contributed by atoms with Crippen molar-refractivity contribution in [1.82, 2.24) is 0 Å². The summed E-state index contributed by atoms with van der Waals surface area (Å²) in [7, 11) is 0. The number of nitrogens with one attached hydrogen (secondary N) is 1. The van der Waals surface area contributed by atoms with Crippen LogP contribution in [0.1, 0.15) is 32.6 Å². The van der Waals surface area contributed by atoms with E-state index in [1.54, 1.807) is 12.1 Å². The highest BCUT2D eigenvalue weighted by atomic mass is 16.5. The van der Waals surface area contributed by atoms with E-state index in [0.717, 1.165) is 28.7 Å². The van der Waals surface area contributed by atoms with Crippen LogP contribution in [0.3, 0.4) is 0 Å². The molecule has 4 heteroatoms. The number of carbonyl (C=O) groups is 2. The van der Waals surface area contributed by atoms with Crippen LogP contribution in [0.15, 0.2) is 30.3 Å². The molecule has 0 aromatic heterocycles. The van der Waals surface area contributed by atoms with Gasteiger partial charge in [-0.3, -0.25) is 9.59 Å². The van der Waals surface area contributed by atoms with Crippen molar-refractivity contribution in [2.24, 2.45) is 0 Å². The number of ether oxygens (including phenoxy) is 1. The molecule has 0 saturated heterocycles. The number of carbonyl (C=O) groups excluding carboxylic acids is 2. The number of aldehydes is 1. The van der Waals surface area contributed by atoms with Crippen LogP contribution in [0.4, 0.5) is 5.69 Å². The summed E-state index contributed by atoms with van der Waals surface area (Å²) < 4.78 is 5.63. The van der Waals surface area contributed by atoms with E-state index in [1.807, 2.05) is 45.9 Å². The first-order valence-corrected chi connectivity index (χ1v) is 7.47. The lowest BCUT2D eigenvalue weighted by Gasteiger charge is -2.13. The molecule has 1 amide bonds. The molecule has 0 aliphatic rings. The summed E-state index contributed by atoms with van der Waals surface area (Å²) in [5.41, 5.74) is 5.34. The minimum Gasteiger partial charge on any atom is -0.483 e. The van der Waals surface area contributed by atoms with E-state index in [4.69, 9.17) is 4.74 Å². The van der Waals surface area contributed by atoms with Crippen LogP contribution in [0, 0.1) is 27.7 Å². The monoisotopic (exact) mass is 311 g/mol. The molecule has 1 N–H and O–H groups in total. The van der Waals surface area contributed by atoms with Crippen molar-refractivity contribution in [3.05, 3.63) is 58.1 Å². The fourth-order valence-corrected chi connectivity index (χ4v) is 2.43. The van der Waals surface area contributed by atoms with Gasteiger partial charge in [0, 0.05) is 11.3 Å². The second-order valence-corrected chi connectivity index (χ2v) is 5.74. The molecule has 0 aliphatic carbocycles. The average Bonchev–Trinajstić information content (AvgIpc) is 2.50. The van der Waals surface area contributed by atoms with E-state index in [1.165, 1.54) is 5.56 Å². The van der Waals surface area contributed by atoms with Crippen molar-refractivity contribution in [1.29, 1.82) is 0 Å². The molecule has 0 atom stereocenters. The first-order chi connectivity index (χ1) is 10.9. The molecular weight excluding hydrogens is 290 g/mol. The molecule has 0 fully saturated rings. The lowest BCUT2D eigenvalue weighted by atomic mass is 10.1. The zero-order chi connectivity index (χ0) is 17.0. The second kappa shape index (κ2) is 7.09.